The zero-order valence-corrected chi connectivity index (χ0v) is 11.3. The molecule has 0 saturated heterocycles. The highest BCUT2D eigenvalue weighted by atomic mass is 19.1. The van der Waals surface area contributed by atoms with Crippen LogP contribution in [0.3, 0.4) is 0 Å². The molecule has 0 aliphatic rings. The van der Waals surface area contributed by atoms with E-state index < -0.39 is 5.97 Å². The monoisotopic (exact) mass is 289 g/mol. The van der Waals surface area contributed by atoms with Crippen molar-refractivity contribution in [2.75, 3.05) is 13.7 Å². The van der Waals surface area contributed by atoms with Gasteiger partial charge in [0.1, 0.15) is 18.2 Å². The van der Waals surface area contributed by atoms with Gasteiger partial charge in [-0.25, -0.2) is 8.78 Å². The highest BCUT2D eigenvalue weighted by Gasteiger charge is 2.09. The Hall–Kier alpha value is -2.56. The normalized spacial score (nSPS) is 10.0. The summed E-state index contributed by atoms with van der Waals surface area (Å²) in [6, 6.07) is 11.4. The summed E-state index contributed by atoms with van der Waals surface area (Å²) in [5, 5.41) is 0. The third-order valence-corrected chi connectivity index (χ3v) is 2.83. The van der Waals surface area contributed by atoms with E-state index in [2.05, 4.69) is 9.73 Å². The van der Waals surface area contributed by atoms with Crippen molar-refractivity contribution in [3.05, 3.63) is 71.3 Å². The molecular weight excluding hydrogens is 276 g/mol. The lowest BCUT2D eigenvalue weighted by atomic mass is 10.0. The van der Waals surface area contributed by atoms with Crippen LogP contribution in [0.25, 0.3) is 0 Å². The molecule has 3 nitrogen and oxygen atoms in total. The number of ether oxygens (including phenoxy) is 1. The van der Waals surface area contributed by atoms with E-state index in [0.29, 0.717) is 16.8 Å². The Morgan fingerprint density at radius 1 is 0.952 bits per heavy atom. The minimum atomic E-state index is -0.489. The standard InChI is InChI=1S/C16H13F2NO2/c1-21-15(20)10-19-16(11-2-6-13(17)7-3-11)12-4-8-14(18)9-5-12/h2-9H,10H2,1H3. The Kier molecular flexibility index (Phi) is 4.77. The van der Waals surface area contributed by atoms with Gasteiger partial charge in [-0.1, -0.05) is 0 Å². The fourth-order valence-electron chi connectivity index (χ4n) is 1.77. The topological polar surface area (TPSA) is 38.7 Å². The first-order valence-corrected chi connectivity index (χ1v) is 6.23. The molecule has 2 rings (SSSR count). The molecule has 2 aromatic rings. The summed E-state index contributed by atoms with van der Waals surface area (Å²) in [5.74, 6) is -1.23. The predicted octanol–water partition coefficient (Wildman–Crippen LogP) is 2.98. The van der Waals surface area contributed by atoms with Gasteiger partial charge in [-0.3, -0.25) is 9.79 Å². The van der Waals surface area contributed by atoms with E-state index in [1.54, 1.807) is 24.3 Å². The lowest BCUT2D eigenvalue weighted by Gasteiger charge is -2.07. The SMILES string of the molecule is COC(=O)CN=C(c1ccc(F)cc1)c1ccc(F)cc1. The molecular formula is C16H13F2NO2. The Labute approximate surface area is 120 Å². The van der Waals surface area contributed by atoms with Crippen molar-refractivity contribution in [3.8, 4) is 0 Å². The lowest BCUT2D eigenvalue weighted by molar-refractivity contribution is -0.138. The van der Waals surface area contributed by atoms with Gasteiger partial charge in [-0.15, -0.1) is 0 Å². The van der Waals surface area contributed by atoms with Gasteiger partial charge in [-0.2, -0.15) is 0 Å². The second-order valence-electron chi connectivity index (χ2n) is 4.25. The number of nitrogens with zero attached hydrogens (tertiary/aromatic N) is 1. The second-order valence-corrected chi connectivity index (χ2v) is 4.25. The number of benzene rings is 2. The van der Waals surface area contributed by atoms with Crippen molar-refractivity contribution in [1.29, 1.82) is 0 Å². The van der Waals surface area contributed by atoms with Crippen LogP contribution in [0.4, 0.5) is 8.78 Å². The van der Waals surface area contributed by atoms with Crippen molar-refractivity contribution in [2.24, 2.45) is 4.99 Å². The lowest BCUT2D eigenvalue weighted by Crippen LogP contribution is -2.10. The summed E-state index contributed by atoms with van der Waals surface area (Å²) in [4.78, 5) is 15.4. The summed E-state index contributed by atoms with van der Waals surface area (Å²) in [5.41, 5.74) is 1.74. The van der Waals surface area contributed by atoms with Crippen molar-refractivity contribution in [2.45, 2.75) is 0 Å². The first-order valence-electron chi connectivity index (χ1n) is 6.23. The largest absolute Gasteiger partial charge is 0.468 e. The Balaban J connectivity index is 2.41. The van der Waals surface area contributed by atoms with Gasteiger partial charge < -0.3 is 4.74 Å². The predicted molar refractivity (Wildman–Crippen MR) is 75.3 cm³/mol. The van der Waals surface area contributed by atoms with Crippen LogP contribution in [-0.4, -0.2) is 25.3 Å². The van der Waals surface area contributed by atoms with E-state index in [1.807, 2.05) is 0 Å². The Morgan fingerprint density at radius 2 is 1.38 bits per heavy atom. The van der Waals surface area contributed by atoms with Crippen molar-refractivity contribution in [3.63, 3.8) is 0 Å². The number of hydrogen-bond acceptors (Lipinski definition) is 3. The van der Waals surface area contributed by atoms with Crippen LogP contribution in [0.1, 0.15) is 11.1 Å². The molecule has 0 aromatic heterocycles. The highest BCUT2D eigenvalue weighted by Crippen LogP contribution is 2.13. The van der Waals surface area contributed by atoms with Crippen molar-refractivity contribution >= 4 is 11.7 Å². The molecule has 0 heterocycles. The van der Waals surface area contributed by atoms with Gasteiger partial charge in [0.05, 0.1) is 12.8 Å². The summed E-state index contributed by atoms with van der Waals surface area (Å²) >= 11 is 0. The third kappa shape index (κ3) is 3.95. The number of carbonyl (C=O) groups excluding carboxylic acids is 1. The summed E-state index contributed by atoms with van der Waals surface area (Å²) < 4.78 is 30.6. The molecule has 0 bridgehead atoms. The Bertz CT molecular complexity index is 601. The number of methoxy groups -OCH3 is 1. The van der Waals surface area contributed by atoms with Gasteiger partial charge in [0, 0.05) is 11.1 Å². The second kappa shape index (κ2) is 6.74. The van der Waals surface area contributed by atoms with Crippen LogP contribution in [0.15, 0.2) is 53.5 Å². The number of carbonyl (C=O) groups is 1. The Morgan fingerprint density at radius 3 is 1.76 bits per heavy atom. The quantitative estimate of drug-likeness (QED) is 0.641. The minimum absolute atomic E-state index is 0.166. The van der Waals surface area contributed by atoms with Crippen LogP contribution >= 0.6 is 0 Å². The molecule has 0 unspecified atom stereocenters. The average Bonchev–Trinajstić information content (AvgIpc) is 2.50. The molecule has 0 atom stereocenters. The third-order valence-electron chi connectivity index (χ3n) is 2.83. The van der Waals surface area contributed by atoms with E-state index in [0.717, 1.165) is 0 Å². The first kappa shape index (κ1) is 14.8. The van der Waals surface area contributed by atoms with E-state index in [4.69, 9.17) is 0 Å². The fraction of sp³-hybridized carbons (Fsp3) is 0.125. The zero-order chi connectivity index (χ0) is 15.2. The molecule has 0 amide bonds. The number of aliphatic imine (C=N–C) groups is 1. The molecule has 0 spiro atoms. The summed E-state index contributed by atoms with van der Waals surface area (Å²) in [6.07, 6.45) is 0. The number of halogens is 2. The van der Waals surface area contributed by atoms with Crippen LogP contribution in [0.2, 0.25) is 0 Å². The molecule has 0 aliphatic heterocycles. The molecule has 0 radical (unpaired) electrons. The first-order chi connectivity index (χ1) is 10.1. The van der Waals surface area contributed by atoms with Crippen LogP contribution in [0.5, 0.6) is 0 Å². The molecule has 0 aliphatic carbocycles. The van der Waals surface area contributed by atoms with Crippen LogP contribution in [0, 0.1) is 11.6 Å². The number of hydrogen-bond donors (Lipinski definition) is 0. The van der Waals surface area contributed by atoms with E-state index in [1.165, 1.54) is 31.4 Å². The number of rotatable bonds is 4. The summed E-state index contributed by atoms with van der Waals surface area (Å²) in [7, 11) is 1.27. The van der Waals surface area contributed by atoms with Crippen molar-refractivity contribution < 1.29 is 18.3 Å². The molecule has 0 saturated carbocycles. The molecule has 0 N–H and O–H groups in total. The van der Waals surface area contributed by atoms with Crippen LogP contribution < -0.4 is 0 Å². The highest BCUT2D eigenvalue weighted by molar-refractivity contribution is 6.13. The molecule has 5 heteroatoms. The maximum atomic E-state index is 13.0. The number of esters is 1. The van der Waals surface area contributed by atoms with Gasteiger partial charge in [0.25, 0.3) is 0 Å². The van der Waals surface area contributed by atoms with Gasteiger partial charge in [0.2, 0.25) is 0 Å². The van der Waals surface area contributed by atoms with Crippen molar-refractivity contribution in [1.82, 2.24) is 0 Å². The molecule has 2 aromatic carbocycles. The van der Waals surface area contributed by atoms with E-state index in [-0.39, 0.29) is 18.2 Å². The van der Waals surface area contributed by atoms with Gasteiger partial charge in [0.15, 0.2) is 0 Å². The zero-order valence-electron chi connectivity index (χ0n) is 11.3. The smallest absolute Gasteiger partial charge is 0.327 e. The van der Waals surface area contributed by atoms with E-state index in [9.17, 15) is 13.6 Å². The molecule has 0 fully saturated rings. The maximum Gasteiger partial charge on any atom is 0.327 e. The summed E-state index contributed by atoms with van der Waals surface area (Å²) in [6.45, 7) is -0.166. The van der Waals surface area contributed by atoms with E-state index >= 15 is 0 Å². The minimum Gasteiger partial charge on any atom is -0.468 e. The maximum absolute atomic E-state index is 13.0. The average molecular weight is 289 g/mol. The molecule has 21 heavy (non-hydrogen) atoms. The van der Waals surface area contributed by atoms with Crippen LogP contribution in [-0.2, 0) is 9.53 Å². The molecule has 108 valence electrons. The fourth-order valence-corrected chi connectivity index (χ4v) is 1.77. The van der Waals surface area contributed by atoms with Gasteiger partial charge in [-0.05, 0) is 48.5 Å². The van der Waals surface area contributed by atoms with Gasteiger partial charge >= 0.3 is 5.97 Å².